The van der Waals surface area contributed by atoms with Crippen LogP contribution in [0.1, 0.15) is 16.8 Å². The lowest BCUT2D eigenvalue weighted by Crippen LogP contribution is -2.28. The molecule has 5 heteroatoms. The average Bonchev–Trinajstić information content (AvgIpc) is 2.38. The third-order valence-corrected chi connectivity index (χ3v) is 2.53. The van der Waals surface area contributed by atoms with Crippen molar-refractivity contribution in [3.05, 3.63) is 23.8 Å². The second kappa shape index (κ2) is 6.98. The Kier molecular flexibility index (Phi) is 5.61. The monoisotopic (exact) mass is 253 g/mol. The molecule has 0 saturated heterocycles. The SMILES string of the molecule is COCC(N)CC(=O)c1ccc(OC)c(OC)c1. The molecule has 0 bridgehead atoms. The fourth-order valence-corrected chi connectivity index (χ4v) is 1.64. The highest BCUT2D eigenvalue weighted by Gasteiger charge is 2.14. The summed E-state index contributed by atoms with van der Waals surface area (Å²) in [6.07, 6.45) is 0.239. The van der Waals surface area contributed by atoms with Crippen LogP contribution in [0.15, 0.2) is 18.2 Å². The number of methoxy groups -OCH3 is 3. The van der Waals surface area contributed by atoms with Crippen LogP contribution in [-0.4, -0.2) is 39.8 Å². The number of nitrogens with two attached hydrogens (primary N) is 1. The van der Waals surface area contributed by atoms with Crippen molar-refractivity contribution >= 4 is 5.78 Å². The topological polar surface area (TPSA) is 70.8 Å². The molecule has 1 aromatic carbocycles. The molecular weight excluding hydrogens is 234 g/mol. The van der Waals surface area contributed by atoms with E-state index in [9.17, 15) is 4.79 Å². The van der Waals surface area contributed by atoms with Gasteiger partial charge in [0.1, 0.15) is 0 Å². The van der Waals surface area contributed by atoms with Crippen LogP contribution in [0, 0.1) is 0 Å². The van der Waals surface area contributed by atoms with Crippen molar-refractivity contribution in [3.8, 4) is 11.5 Å². The first-order valence-corrected chi connectivity index (χ1v) is 5.62. The van der Waals surface area contributed by atoms with Gasteiger partial charge >= 0.3 is 0 Å². The van der Waals surface area contributed by atoms with Crippen LogP contribution < -0.4 is 15.2 Å². The van der Waals surface area contributed by atoms with Gasteiger partial charge in [-0.3, -0.25) is 4.79 Å². The summed E-state index contributed by atoms with van der Waals surface area (Å²) in [6, 6.07) is 4.76. The number of benzene rings is 1. The molecule has 1 atom stereocenters. The van der Waals surface area contributed by atoms with Gasteiger partial charge in [0.15, 0.2) is 17.3 Å². The minimum absolute atomic E-state index is 0.0412. The first kappa shape index (κ1) is 14.5. The van der Waals surface area contributed by atoms with Crippen LogP contribution in [0.5, 0.6) is 11.5 Å². The number of ether oxygens (including phenoxy) is 3. The third-order valence-electron chi connectivity index (χ3n) is 2.53. The molecule has 0 aliphatic heterocycles. The molecule has 2 N–H and O–H groups in total. The molecule has 1 aromatic rings. The molecule has 0 aliphatic carbocycles. The largest absolute Gasteiger partial charge is 0.493 e. The lowest BCUT2D eigenvalue weighted by molar-refractivity contribution is 0.0949. The molecule has 100 valence electrons. The van der Waals surface area contributed by atoms with Gasteiger partial charge in [-0.1, -0.05) is 0 Å². The number of hydrogen-bond donors (Lipinski definition) is 1. The molecule has 0 fully saturated rings. The van der Waals surface area contributed by atoms with E-state index in [0.29, 0.717) is 23.7 Å². The zero-order valence-corrected chi connectivity index (χ0v) is 10.9. The highest BCUT2D eigenvalue weighted by Crippen LogP contribution is 2.28. The van der Waals surface area contributed by atoms with E-state index in [2.05, 4.69) is 0 Å². The summed E-state index contributed by atoms with van der Waals surface area (Å²) in [5, 5.41) is 0. The van der Waals surface area contributed by atoms with Gasteiger partial charge in [0, 0.05) is 25.1 Å². The summed E-state index contributed by atoms with van der Waals surface area (Å²) in [5.74, 6) is 1.08. The second-order valence-electron chi connectivity index (χ2n) is 3.91. The summed E-state index contributed by atoms with van der Waals surface area (Å²) < 4.78 is 15.2. The molecule has 0 spiro atoms. The Morgan fingerprint density at radius 1 is 1.22 bits per heavy atom. The van der Waals surface area contributed by atoms with Crippen molar-refractivity contribution in [3.63, 3.8) is 0 Å². The van der Waals surface area contributed by atoms with Crippen molar-refractivity contribution < 1.29 is 19.0 Å². The van der Waals surface area contributed by atoms with E-state index < -0.39 is 0 Å². The van der Waals surface area contributed by atoms with E-state index >= 15 is 0 Å². The molecule has 1 rings (SSSR count). The van der Waals surface area contributed by atoms with Crippen LogP contribution in [0.2, 0.25) is 0 Å². The minimum Gasteiger partial charge on any atom is -0.493 e. The highest BCUT2D eigenvalue weighted by atomic mass is 16.5. The van der Waals surface area contributed by atoms with E-state index in [1.807, 2.05) is 0 Å². The summed E-state index contributed by atoms with van der Waals surface area (Å²) in [7, 11) is 4.64. The molecule has 18 heavy (non-hydrogen) atoms. The Labute approximate surface area is 107 Å². The average molecular weight is 253 g/mol. The van der Waals surface area contributed by atoms with E-state index in [0.717, 1.165) is 0 Å². The predicted molar refractivity (Wildman–Crippen MR) is 68.3 cm³/mol. The number of carbonyl (C=O) groups is 1. The molecule has 0 aliphatic rings. The molecule has 0 radical (unpaired) electrons. The van der Waals surface area contributed by atoms with Gasteiger partial charge in [-0.15, -0.1) is 0 Å². The Hall–Kier alpha value is -1.59. The van der Waals surface area contributed by atoms with Crippen LogP contribution in [-0.2, 0) is 4.74 Å². The van der Waals surface area contributed by atoms with Gasteiger partial charge in [0.2, 0.25) is 0 Å². The summed E-state index contributed by atoms with van der Waals surface area (Å²) >= 11 is 0. The number of carbonyl (C=O) groups excluding carboxylic acids is 1. The lowest BCUT2D eigenvalue weighted by Gasteiger charge is -2.11. The van der Waals surface area contributed by atoms with Crippen molar-refractivity contribution in [1.29, 1.82) is 0 Å². The second-order valence-corrected chi connectivity index (χ2v) is 3.91. The maximum Gasteiger partial charge on any atom is 0.164 e. The molecule has 1 unspecified atom stereocenters. The first-order valence-electron chi connectivity index (χ1n) is 5.62. The fraction of sp³-hybridized carbons (Fsp3) is 0.462. The van der Waals surface area contributed by atoms with Gasteiger partial charge < -0.3 is 19.9 Å². The van der Waals surface area contributed by atoms with Crippen molar-refractivity contribution in [1.82, 2.24) is 0 Å². The number of hydrogen-bond acceptors (Lipinski definition) is 5. The Morgan fingerprint density at radius 2 is 1.89 bits per heavy atom. The summed E-state index contributed by atoms with van der Waals surface area (Å²) in [6.45, 7) is 0.360. The van der Waals surface area contributed by atoms with Crippen LogP contribution >= 0.6 is 0 Å². The van der Waals surface area contributed by atoms with Gasteiger partial charge in [-0.05, 0) is 18.2 Å². The van der Waals surface area contributed by atoms with Crippen molar-refractivity contribution in [2.75, 3.05) is 27.9 Å². The Morgan fingerprint density at radius 3 is 2.44 bits per heavy atom. The Balaban J connectivity index is 2.80. The zero-order valence-electron chi connectivity index (χ0n) is 10.9. The maximum absolute atomic E-state index is 12.0. The van der Waals surface area contributed by atoms with Gasteiger partial charge in [0.25, 0.3) is 0 Å². The van der Waals surface area contributed by atoms with E-state index in [-0.39, 0.29) is 18.2 Å². The molecule has 5 nitrogen and oxygen atoms in total. The Bertz CT molecular complexity index is 406. The fourth-order valence-electron chi connectivity index (χ4n) is 1.64. The minimum atomic E-state index is -0.296. The summed E-state index contributed by atoms with van der Waals surface area (Å²) in [4.78, 5) is 12.0. The molecule has 0 saturated carbocycles. The van der Waals surface area contributed by atoms with Crippen LogP contribution in [0.3, 0.4) is 0 Å². The van der Waals surface area contributed by atoms with E-state index in [4.69, 9.17) is 19.9 Å². The molecule has 0 aromatic heterocycles. The normalized spacial score (nSPS) is 12.0. The zero-order chi connectivity index (χ0) is 13.5. The van der Waals surface area contributed by atoms with Gasteiger partial charge in [-0.25, -0.2) is 0 Å². The van der Waals surface area contributed by atoms with Crippen molar-refractivity contribution in [2.45, 2.75) is 12.5 Å². The smallest absolute Gasteiger partial charge is 0.164 e. The summed E-state index contributed by atoms with van der Waals surface area (Å²) in [5.41, 5.74) is 6.30. The maximum atomic E-state index is 12.0. The van der Waals surface area contributed by atoms with E-state index in [1.54, 1.807) is 32.4 Å². The highest BCUT2D eigenvalue weighted by molar-refractivity contribution is 5.97. The molecule has 0 amide bonds. The van der Waals surface area contributed by atoms with E-state index in [1.165, 1.54) is 7.11 Å². The standard InChI is InChI=1S/C13H19NO4/c1-16-8-10(14)7-11(15)9-4-5-12(17-2)13(6-9)18-3/h4-6,10H,7-8,14H2,1-3H3. The number of ketones is 1. The van der Waals surface area contributed by atoms with Gasteiger partial charge in [-0.2, -0.15) is 0 Å². The van der Waals surface area contributed by atoms with Gasteiger partial charge in [0.05, 0.1) is 20.8 Å². The molecular formula is C13H19NO4. The van der Waals surface area contributed by atoms with Crippen LogP contribution in [0.25, 0.3) is 0 Å². The quantitative estimate of drug-likeness (QED) is 0.740. The first-order chi connectivity index (χ1) is 8.62. The predicted octanol–water partition coefficient (Wildman–Crippen LogP) is 1.25. The van der Waals surface area contributed by atoms with Crippen LogP contribution in [0.4, 0.5) is 0 Å². The lowest BCUT2D eigenvalue weighted by atomic mass is 10.0. The number of rotatable bonds is 7. The third kappa shape index (κ3) is 3.72. The van der Waals surface area contributed by atoms with Crippen molar-refractivity contribution in [2.24, 2.45) is 5.73 Å². The molecule has 0 heterocycles. The number of Topliss-reactive ketones (excluding diaryl/α,β-unsaturated/α-hetero) is 1.